The van der Waals surface area contributed by atoms with E-state index in [4.69, 9.17) is 31.0 Å². The third-order valence-corrected chi connectivity index (χ3v) is 8.58. The van der Waals surface area contributed by atoms with Gasteiger partial charge in [-0.15, -0.1) is 0 Å². The number of hydrogen-bond acceptors (Lipinski definition) is 7. The molecule has 0 radical (unpaired) electrons. The number of halogens is 2. The lowest BCUT2D eigenvalue weighted by Gasteiger charge is -2.37. The zero-order valence-electron chi connectivity index (χ0n) is 22.6. The molecule has 1 amide bonds. The van der Waals surface area contributed by atoms with Crippen molar-refractivity contribution in [2.24, 2.45) is 0 Å². The molecule has 210 valence electrons. The summed E-state index contributed by atoms with van der Waals surface area (Å²) in [5, 5.41) is 2.75. The van der Waals surface area contributed by atoms with Crippen LogP contribution in [-0.2, 0) is 22.6 Å². The van der Waals surface area contributed by atoms with Gasteiger partial charge in [0.2, 0.25) is 0 Å². The zero-order chi connectivity index (χ0) is 27.8. The number of amides is 1. The molecule has 0 spiro atoms. The molecule has 0 aliphatic carbocycles. The largest absolute Gasteiger partial charge is 0.462 e. The van der Waals surface area contributed by atoms with Gasteiger partial charge in [-0.1, -0.05) is 48.5 Å². The fourth-order valence-corrected chi connectivity index (χ4v) is 6.29. The van der Waals surface area contributed by atoms with Crippen LogP contribution in [0.5, 0.6) is 6.01 Å². The molecule has 4 heterocycles. The Morgan fingerprint density at radius 3 is 2.65 bits per heavy atom. The van der Waals surface area contributed by atoms with Crippen molar-refractivity contribution in [2.75, 3.05) is 51.3 Å². The number of anilines is 1. The molecule has 2 aromatic carbocycles. The van der Waals surface area contributed by atoms with Gasteiger partial charge in [-0.2, -0.15) is 9.97 Å². The van der Waals surface area contributed by atoms with Crippen molar-refractivity contribution in [3.05, 3.63) is 70.6 Å². The van der Waals surface area contributed by atoms with E-state index in [1.807, 2.05) is 18.2 Å². The third kappa shape index (κ3) is 5.25. The van der Waals surface area contributed by atoms with E-state index in [2.05, 4.69) is 41.6 Å². The Hall–Kier alpha value is -3.27. The lowest BCUT2D eigenvalue weighted by atomic mass is 9.94. The minimum Gasteiger partial charge on any atom is -0.462 e. The summed E-state index contributed by atoms with van der Waals surface area (Å²) in [5.41, 5.74) is 2.83. The van der Waals surface area contributed by atoms with Gasteiger partial charge in [0.1, 0.15) is 12.4 Å². The van der Waals surface area contributed by atoms with Gasteiger partial charge in [-0.25, -0.2) is 4.39 Å². The number of carbonyl (C=O) groups excluding carboxylic acids is 1. The van der Waals surface area contributed by atoms with Crippen molar-refractivity contribution in [1.82, 2.24) is 19.8 Å². The number of benzene rings is 2. The average Bonchev–Trinajstić information content (AvgIpc) is 3.39. The maximum atomic E-state index is 13.5. The maximum absolute atomic E-state index is 13.5. The first-order valence-electron chi connectivity index (χ1n) is 13.8. The van der Waals surface area contributed by atoms with Crippen LogP contribution in [0.15, 0.2) is 48.8 Å². The van der Waals surface area contributed by atoms with Gasteiger partial charge in [0.25, 0.3) is 5.91 Å². The molecule has 0 N–H and O–H groups in total. The van der Waals surface area contributed by atoms with Crippen molar-refractivity contribution in [3.63, 3.8) is 0 Å². The van der Waals surface area contributed by atoms with E-state index in [-0.39, 0.29) is 6.10 Å². The maximum Gasteiger partial charge on any atom is 0.318 e. The normalized spacial score (nSPS) is 21.5. The topological polar surface area (TPSA) is 71.0 Å². The number of rotatable bonds is 6. The van der Waals surface area contributed by atoms with E-state index in [0.717, 1.165) is 52.8 Å². The highest BCUT2D eigenvalue weighted by Crippen LogP contribution is 2.39. The predicted molar refractivity (Wildman–Crippen MR) is 152 cm³/mol. The van der Waals surface area contributed by atoms with Crippen molar-refractivity contribution in [2.45, 2.75) is 38.0 Å². The van der Waals surface area contributed by atoms with E-state index in [1.165, 1.54) is 4.90 Å². The molecule has 2 atom stereocenters. The molecule has 0 bridgehead atoms. The fraction of sp³-hybridized carbons (Fsp3) is 0.433. The van der Waals surface area contributed by atoms with Crippen molar-refractivity contribution in [3.8, 4) is 6.01 Å². The second-order valence-electron chi connectivity index (χ2n) is 10.7. The van der Waals surface area contributed by atoms with E-state index in [9.17, 15) is 9.18 Å². The summed E-state index contributed by atoms with van der Waals surface area (Å²) in [4.78, 5) is 27.7. The van der Waals surface area contributed by atoms with Crippen LogP contribution in [0, 0.1) is 0 Å². The van der Waals surface area contributed by atoms with Crippen molar-refractivity contribution >= 4 is 34.1 Å². The quantitative estimate of drug-likeness (QED) is 0.401. The monoisotopic (exact) mass is 565 g/mol. The lowest BCUT2D eigenvalue weighted by Crippen LogP contribution is -2.49. The number of likely N-dealkylation sites (tertiary alicyclic amines) is 1. The smallest absolute Gasteiger partial charge is 0.318 e. The van der Waals surface area contributed by atoms with Crippen LogP contribution in [-0.4, -0.2) is 78.1 Å². The molecule has 8 nitrogen and oxygen atoms in total. The van der Waals surface area contributed by atoms with Gasteiger partial charge >= 0.3 is 6.01 Å². The molecular weight excluding hydrogens is 533 g/mol. The first-order valence-corrected chi connectivity index (χ1v) is 14.2. The fourth-order valence-electron chi connectivity index (χ4n) is 6.00. The molecule has 40 heavy (non-hydrogen) atoms. The van der Waals surface area contributed by atoms with Crippen LogP contribution in [0.2, 0.25) is 5.02 Å². The Bertz CT molecular complexity index is 1440. The first-order chi connectivity index (χ1) is 19.4. The zero-order valence-corrected chi connectivity index (χ0v) is 23.4. The Kier molecular flexibility index (Phi) is 7.61. The van der Waals surface area contributed by atoms with Gasteiger partial charge in [0.05, 0.1) is 18.4 Å². The number of nitrogens with zero attached hydrogens (tertiary/aromatic N) is 5. The van der Waals surface area contributed by atoms with E-state index < -0.39 is 11.7 Å². The third-order valence-electron chi connectivity index (χ3n) is 8.27. The Balaban J connectivity index is 1.30. The van der Waals surface area contributed by atoms with Gasteiger partial charge in [0.15, 0.2) is 5.83 Å². The highest BCUT2D eigenvalue weighted by molar-refractivity contribution is 6.35. The molecule has 6 rings (SSSR count). The summed E-state index contributed by atoms with van der Waals surface area (Å²) >= 11 is 6.63. The van der Waals surface area contributed by atoms with Gasteiger partial charge in [-0.3, -0.25) is 4.79 Å². The number of aromatic nitrogens is 2. The standard InChI is InChI=1S/C30H33ClFN5O3/c1-19(32)29(38)37-14-12-36(13-15-37)28-23-18-39-26(22-9-3-6-20-7-4-10-24(31)27(20)22)16-25(23)33-30(34-28)40-17-21-8-5-11-35(21)2/h3-4,6-7,9-10,21,26H,1,5,8,11-18H2,2H3/t21-,26-/m0/s1. The molecule has 3 aliphatic rings. The van der Waals surface area contributed by atoms with Crippen LogP contribution in [0.25, 0.3) is 10.8 Å². The summed E-state index contributed by atoms with van der Waals surface area (Å²) in [6.07, 6.45) is 2.57. The summed E-state index contributed by atoms with van der Waals surface area (Å²) in [7, 11) is 2.12. The molecular formula is C30H33ClFN5O3. The van der Waals surface area contributed by atoms with Gasteiger partial charge < -0.3 is 24.2 Å². The van der Waals surface area contributed by atoms with Crippen LogP contribution in [0.1, 0.15) is 35.8 Å². The number of fused-ring (bicyclic) bond motifs is 2. The van der Waals surface area contributed by atoms with Crippen molar-refractivity contribution in [1.29, 1.82) is 0 Å². The Morgan fingerprint density at radius 1 is 1.15 bits per heavy atom. The number of ether oxygens (including phenoxy) is 2. The van der Waals surface area contributed by atoms with E-state index in [0.29, 0.717) is 62.9 Å². The summed E-state index contributed by atoms with van der Waals surface area (Å²) in [5.74, 6) is -0.845. The lowest BCUT2D eigenvalue weighted by molar-refractivity contribution is -0.128. The molecule has 3 aliphatic heterocycles. The molecule has 10 heteroatoms. The minimum absolute atomic E-state index is 0.224. The van der Waals surface area contributed by atoms with E-state index in [1.54, 1.807) is 0 Å². The van der Waals surface area contributed by atoms with Crippen LogP contribution >= 0.6 is 11.6 Å². The average molecular weight is 566 g/mol. The molecule has 0 saturated carbocycles. The second kappa shape index (κ2) is 11.3. The first kappa shape index (κ1) is 26.9. The minimum atomic E-state index is -0.937. The molecule has 1 aromatic heterocycles. The summed E-state index contributed by atoms with van der Waals surface area (Å²) in [6, 6.07) is 12.7. The molecule has 2 saturated heterocycles. The number of likely N-dealkylation sites (N-methyl/N-ethyl adjacent to an activating group) is 1. The molecule has 3 aromatic rings. The number of carbonyl (C=O) groups is 1. The number of hydrogen-bond donors (Lipinski definition) is 0. The van der Waals surface area contributed by atoms with E-state index >= 15 is 0 Å². The van der Waals surface area contributed by atoms with Gasteiger partial charge in [-0.05, 0) is 43.5 Å². The van der Waals surface area contributed by atoms with Crippen molar-refractivity contribution < 1.29 is 18.7 Å². The second-order valence-corrected chi connectivity index (χ2v) is 11.1. The Labute approximate surface area is 238 Å². The summed E-state index contributed by atoms with van der Waals surface area (Å²) < 4.78 is 26.1. The summed E-state index contributed by atoms with van der Waals surface area (Å²) in [6.45, 7) is 6.85. The van der Waals surface area contributed by atoms with Crippen LogP contribution in [0.4, 0.5) is 10.2 Å². The molecule has 0 unspecified atom stereocenters. The molecule has 2 fully saturated rings. The highest BCUT2D eigenvalue weighted by Gasteiger charge is 2.32. The van der Waals surface area contributed by atoms with Crippen LogP contribution < -0.4 is 9.64 Å². The highest BCUT2D eigenvalue weighted by atomic mass is 35.5. The number of piperazine rings is 1. The van der Waals surface area contributed by atoms with Crippen LogP contribution in [0.3, 0.4) is 0 Å². The SMILES string of the molecule is C=C(F)C(=O)N1CCN(c2nc(OC[C@@H]3CCCN3C)nc3c2CO[C@H](c2cccc4cccc(Cl)c24)C3)CC1. The van der Waals surface area contributed by atoms with Gasteiger partial charge in [0, 0.05) is 54.6 Å². The predicted octanol–water partition coefficient (Wildman–Crippen LogP) is 4.70. The Morgan fingerprint density at radius 2 is 1.93 bits per heavy atom.